The van der Waals surface area contributed by atoms with Gasteiger partial charge in [0.05, 0.1) is 12.5 Å². The van der Waals surface area contributed by atoms with E-state index < -0.39 is 17.9 Å². The summed E-state index contributed by atoms with van der Waals surface area (Å²) in [7, 11) is 0. The summed E-state index contributed by atoms with van der Waals surface area (Å²) in [5.74, 6) is -0.926. The SMILES string of the molecule is Cc1ccc(C(CC(=O)O)NC(=O)c2ncoc2C(C)C)cc1. The average Bonchev–Trinajstić information content (AvgIpc) is 2.96. The van der Waals surface area contributed by atoms with Gasteiger partial charge in [0.15, 0.2) is 12.1 Å². The normalized spacial score (nSPS) is 12.2. The molecule has 2 N–H and O–H groups in total. The molecule has 0 bridgehead atoms. The summed E-state index contributed by atoms with van der Waals surface area (Å²) in [6, 6.07) is 6.76. The maximum atomic E-state index is 12.4. The van der Waals surface area contributed by atoms with Crippen LogP contribution in [0.15, 0.2) is 35.1 Å². The molecule has 6 heteroatoms. The summed E-state index contributed by atoms with van der Waals surface area (Å²) in [4.78, 5) is 27.5. The highest BCUT2D eigenvalue weighted by atomic mass is 16.4. The molecule has 0 radical (unpaired) electrons. The van der Waals surface area contributed by atoms with Crippen molar-refractivity contribution < 1.29 is 19.1 Å². The Morgan fingerprint density at radius 1 is 1.26 bits per heavy atom. The monoisotopic (exact) mass is 316 g/mol. The molecule has 0 spiro atoms. The molecule has 122 valence electrons. The van der Waals surface area contributed by atoms with Gasteiger partial charge in [-0.3, -0.25) is 9.59 Å². The maximum absolute atomic E-state index is 12.4. The van der Waals surface area contributed by atoms with Crippen LogP contribution in [0, 0.1) is 6.92 Å². The third kappa shape index (κ3) is 4.18. The number of nitrogens with one attached hydrogen (secondary N) is 1. The molecule has 0 fully saturated rings. The van der Waals surface area contributed by atoms with Crippen molar-refractivity contribution in [2.75, 3.05) is 0 Å². The third-order valence-corrected chi connectivity index (χ3v) is 3.50. The average molecular weight is 316 g/mol. The van der Waals surface area contributed by atoms with Crippen molar-refractivity contribution in [1.29, 1.82) is 0 Å². The zero-order chi connectivity index (χ0) is 17.0. The van der Waals surface area contributed by atoms with Crippen LogP contribution in [0.4, 0.5) is 0 Å². The van der Waals surface area contributed by atoms with E-state index in [2.05, 4.69) is 10.3 Å². The number of amides is 1. The zero-order valence-corrected chi connectivity index (χ0v) is 13.4. The molecule has 6 nitrogen and oxygen atoms in total. The van der Waals surface area contributed by atoms with E-state index in [9.17, 15) is 9.59 Å². The standard InChI is InChI=1S/C17H20N2O4/c1-10(2)16-15(18-9-23-16)17(22)19-13(8-14(20)21)12-6-4-11(3)5-7-12/h4-7,9-10,13H,8H2,1-3H3,(H,19,22)(H,20,21). The molecule has 1 aromatic heterocycles. The van der Waals surface area contributed by atoms with Crippen LogP contribution in [0.25, 0.3) is 0 Å². The number of oxazole rings is 1. The van der Waals surface area contributed by atoms with E-state index in [1.807, 2.05) is 45.0 Å². The predicted molar refractivity (Wildman–Crippen MR) is 84.2 cm³/mol. The number of hydrogen-bond acceptors (Lipinski definition) is 4. The van der Waals surface area contributed by atoms with Gasteiger partial charge < -0.3 is 14.8 Å². The summed E-state index contributed by atoms with van der Waals surface area (Å²) >= 11 is 0. The first-order valence-corrected chi connectivity index (χ1v) is 7.41. The predicted octanol–water partition coefficient (Wildman–Crippen LogP) is 3.05. The number of carboxylic acids is 1. The van der Waals surface area contributed by atoms with Crippen molar-refractivity contribution in [3.63, 3.8) is 0 Å². The molecule has 2 rings (SSSR count). The lowest BCUT2D eigenvalue weighted by molar-refractivity contribution is -0.137. The molecule has 1 unspecified atom stereocenters. The van der Waals surface area contributed by atoms with Gasteiger partial charge in [-0.1, -0.05) is 43.7 Å². The number of aromatic nitrogens is 1. The minimum absolute atomic E-state index is 0.00977. The molecule has 0 saturated carbocycles. The molecule has 1 heterocycles. The highest BCUT2D eigenvalue weighted by Gasteiger charge is 2.24. The Labute approximate surface area is 134 Å². The Morgan fingerprint density at radius 2 is 1.91 bits per heavy atom. The Hall–Kier alpha value is -2.63. The Bertz CT molecular complexity index is 689. The second-order valence-electron chi connectivity index (χ2n) is 5.75. The van der Waals surface area contributed by atoms with Gasteiger partial charge in [0.25, 0.3) is 5.91 Å². The number of nitrogens with zero attached hydrogens (tertiary/aromatic N) is 1. The number of carbonyl (C=O) groups excluding carboxylic acids is 1. The summed E-state index contributed by atoms with van der Waals surface area (Å²) < 4.78 is 5.24. The minimum Gasteiger partial charge on any atom is -0.481 e. The van der Waals surface area contributed by atoms with E-state index in [0.717, 1.165) is 11.1 Å². The number of carbonyl (C=O) groups is 2. The van der Waals surface area contributed by atoms with Gasteiger partial charge in [-0.2, -0.15) is 0 Å². The summed E-state index contributed by atoms with van der Waals surface area (Å²) in [6.45, 7) is 5.73. The number of aryl methyl sites for hydroxylation is 1. The number of rotatable bonds is 6. The van der Waals surface area contributed by atoms with Gasteiger partial charge in [-0.25, -0.2) is 4.98 Å². The van der Waals surface area contributed by atoms with E-state index in [-0.39, 0.29) is 18.0 Å². The lowest BCUT2D eigenvalue weighted by atomic mass is 10.0. The summed E-state index contributed by atoms with van der Waals surface area (Å²) in [5.41, 5.74) is 2.00. The number of carboxylic acid groups (broad SMARTS) is 1. The Morgan fingerprint density at radius 3 is 2.48 bits per heavy atom. The lowest BCUT2D eigenvalue weighted by Gasteiger charge is -2.17. The van der Waals surface area contributed by atoms with E-state index in [1.54, 1.807) is 0 Å². The highest BCUT2D eigenvalue weighted by Crippen LogP contribution is 2.21. The van der Waals surface area contributed by atoms with E-state index in [1.165, 1.54) is 6.39 Å². The van der Waals surface area contributed by atoms with Crippen LogP contribution < -0.4 is 5.32 Å². The largest absolute Gasteiger partial charge is 0.481 e. The first-order valence-electron chi connectivity index (χ1n) is 7.41. The summed E-state index contributed by atoms with van der Waals surface area (Å²) in [6.07, 6.45) is 1.02. The molecule has 1 atom stereocenters. The Kier molecular flexibility index (Phi) is 5.16. The van der Waals surface area contributed by atoms with E-state index in [4.69, 9.17) is 9.52 Å². The van der Waals surface area contributed by atoms with Gasteiger partial charge in [-0.05, 0) is 12.5 Å². The smallest absolute Gasteiger partial charge is 0.305 e. The number of benzene rings is 1. The molecular formula is C17H20N2O4. The van der Waals surface area contributed by atoms with Crippen LogP contribution in [-0.2, 0) is 4.79 Å². The second-order valence-corrected chi connectivity index (χ2v) is 5.75. The van der Waals surface area contributed by atoms with Crippen molar-refractivity contribution in [2.45, 2.75) is 39.2 Å². The van der Waals surface area contributed by atoms with Crippen molar-refractivity contribution in [1.82, 2.24) is 10.3 Å². The van der Waals surface area contributed by atoms with Crippen LogP contribution in [-0.4, -0.2) is 22.0 Å². The van der Waals surface area contributed by atoms with Gasteiger partial charge in [0, 0.05) is 5.92 Å². The topological polar surface area (TPSA) is 92.4 Å². The van der Waals surface area contributed by atoms with Gasteiger partial charge in [-0.15, -0.1) is 0 Å². The first-order chi connectivity index (χ1) is 10.9. The third-order valence-electron chi connectivity index (χ3n) is 3.50. The fourth-order valence-electron chi connectivity index (χ4n) is 2.29. The number of hydrogen-bond donors (Lipinski definition) is 2. The van der Waals surface area contributed by atoms with Crippen LogP contribution in [0.3, 0.4) is 0 Å². The van der Waals surface area contributed by atoms with Crippen LogP contribution >= 0.6 is 0 Å². The zero-order valence-electron chi connectivity index (χ0n) is 13.4. The van der Waals surface area contributed by atoms with Gasteiger partial charge >= 0.3 is 5.97 Å². The highest BCUT2D eigenvalue weighted by molar-refractivity contribution is 5.93. The molecule has 23 heavy (non-hydrogen) atoms. The van der Waals surface area contributed by atoms with Crippen LogP contribution in [0.1, 0.15) is 59.6 Å². The maximum Gasteiger partial charge on any atom is 0.305 e. The molecule has 1 amide bonds. The molecule has 0 aliphatic rings. The van der Waals surface area contributed by atoms with Gasteiger partial charge in [0.2, 0.25) is 0 Å². The first kappa shape index (κ1) is 16.7. The molecule has 2 aromatic rings. The fraction of sp³-hybridized carbons (Fsp3) is 0.353. The Balaban J connectivity index is 2.23. The lowest BCUT2D eigenvalue weighted by Crippen LogP contribution is -2.31. The molecule has 0 aliphatic heterocycles. The van der Waals surface area contributed by atoms with E-state index >= 15 is 0 Å². The van der Waals surface area contributed by atoms with Crippen LogP contribution in [0.2, 0.25) is 0 Å². The van der Waals surface area contributed by atoms with Crippen molar-refractivity contribution in [3.05, 3.63) is 53.2 Å². The summed E-state index contributed by atoms with van der Waals surface area (Å²) in [5, 5.41) is 11.8. The molecule has 0 saturated heterocycles. The fourth-order valence-corrected chi connectivity index (χ4v) is 2.29. The van der Waals surface area contributed by atoms with Crippen LogP contribution in [0.5, 0.6) is 0 Å². The van der Waals surface area contributed by atoms with Crippen molar-refractivity contribution in [2.24, 2.45) is 0 Å². The molecule has 1 aromatic carbocycles. The van der Waals surface area contributed by atoms with Crippen molar-refractivity contribution in [3.8, 4) is 0 Å². The molecular weight excluding hydrogens is 296 g/mol. The molecule has 0 aliphatic carbocycles. The second kappa shape index (κ2) is 7.09. The minimum atomic E-state index is -0.986. The number of aliphatic carboxylic acids is 1. The quantitative estimate of drug-likeness (QED) is 0.854. The van der Waals surface area contributed by atoms with Crippen molar-refractivity contribution >= 4 is 11.9 Å². The van der Waals surface area contributed by atoms with Gasteiger partial charge in [0.1, 0.15) is 5.76 Å². The van der Waals surface area contributed by atoms with E-state index in [0.29, 0.717) is 5.76 Å².